The molecular weight excluding hydrogens is 1590 g/mol. The van der Waals surface area contributed by atoms with E-state index in [-0.39, 0.29) is 0 Å². The number of nitrogens with zero attached hydrogens (tertiary/aromatic N) is 4. The van der Waals surface area contributed by atoms with Crippen LogP contribution in [0.4, 0.5) is 34.1 Å². The van der Waals surface area contributed by atoms with Gasteiger partial charge in [0.2, 0.25) is 0 Å². The number of benzene rings is 21. The summed E-state index contributed by atoms with van der Waals surface area (Å²) in [5.41, 5.74) is 47.0. The van der Waals surface area contributed by atoms with Crippen molar-refractivity contribution in [2.24, 2.45) is 0 Å². The molecule has 0 bridgehead atoms. The SMILES string of the molecule is c1ccc(-c2ccc(-c3ccc(N(c4ccc(-c5ccccc5)cc4)c4ccc(-c5ccc6c(c5)-c5ccccc5C65c6ccccc6-n6c7ccc(-c8ccc(-c9ccc(N(c%10cccc(-c%11ccccc%11)c%10)c%10cccc(-c%11cccc%12c%11-c%11ccccc%11C%12%11c%12ccccc%12-n%12c%13ccccc%13c%13cccc%11c%13%12)c%10)cc9)cc8)cc7c7cccc5c76)cc4)cc3)cc2)cc1. The molecule has 132 heavy (non-hydrogen) atoms. The second kappa shape index (κ2) is 29.7. The summed E-state index contributed by atoms with van der Waals surface area (Å²) in [4.78, 5) is 4.81. The van der Waals surface area contributed by atoms with Gasteiger partial charge in [0, 0.05) is 55.7 Å². The third kappa shape index (κ3) is 11.3. The second-order valence-corrected chi connectivity index (χ2v) is 35.6. The molecule has 2 atom stereocenters. The first-order valence-corrected chi connectivity index (χ1v) is 45.8. The van der Waals surface area contributed by atoms with E-state index in [1.807, 2.05) is 0 Å². The topological polar surface area (TPSA) is 16.3 Å². The summed E-state index contributed by atoms with van der Waals surface area (Å²) in [6.45, 7) is 0. The van der Waals surface area contributed by atoms with Gasteiger partial charge < -0.3 is 18.9 Å². The van der Waals surface area contributed by atoms with Crippen LogP contribution in [0.1, 0.15) is 44.5 Å². The highest BCUT2D eigenvalue weighted by Crippen LogP contribution is 2.65. The molecule has 4 aliphatic rings. The van der Waals surface area contributed by atoms with Crippen molar-refractivity contribution in [2.45, 2.75) is 10.8 Å². The lowest BCUT2D eigenvalue weighted by Gasteiger charge is -2.39. The number of anilines is 6. The summed E-state index contributed by atoms with van der Waals surface area (Å²) in [7, 11) is 0. The van der Waals surface area contributed by atoms with Crippen LogP contribution in [0.3, 0.4) is 0 Å². The molecule has 0 fully saturated rings. The maximum absolute atomic E-state index is 2.56. The third-order valence-corrected chi connectivity index (χ3v) is 28.9. The monoisotopic (exact) mass is 1670 g/mol. The van der Waals surface area contributed by atoms with Crippen LogP contribution < -0.4 is 9.80 Å². The Balaban J connectivity index is 0.510. The van der Waals surface area contributed by atoms with Crippen LogP contribution in [0.5, 0.6) is 0 Å². The standard InChI is InChI=1S/C128H82N4/c1-4-25-83(26-5-1)86-51-53-87(54-52-86)90-61-71-99(72-62-90)129(98-69-59-89(60-70-98)84-27-6-2-7-28-84)100-75-65-93(66-76-100)95-67-77-114-110(81-95)105-35-10-13-41-112(105)127(114)115-43-15-18-49-122(115)132-121-78-68-96(82-111(121)108-40-24-46-118(127)126(108)132)92-57-55-88(56-58-92)91-63-73-101(74-64-91)130(102-33-20-31-94(79-102)85-29-8-3-9-30-85)103-34-21-32-97(80-103)104-38-22-45-117-124(104)109-37-11-14-42-113(109)128(117)116-44-16-19-50-123(116)131-120-48-17-12-36-106(120)107-39-23-47-119(128)125(107)131/h1-82H. The van der Waals surface area contributed by atoms with Gasteiger partial charge in [-0.2, -0.15) is 0 Å². The molecule has 614 valence electrons. The van der Waals surface area contributed by atoms with Crippen LogP contribution in [0, 0.1) is 0 Å². The molecule has 0 saturated carbocycles. The molecule has 4 heterocycles. The fraction of sp³-hybridized carbons (Fsp3) is 0.0156. The number of fused-ring (bicyclic) bond motifs is 24. The van der Waals surface area contributed by atoms with Crippen molar-refractivity contribution in [2.75, 3.05) is 9.80 Å². The van der Waals surface area contributed by atoms with E-state index >= 15 is 0 Å². The van der Waals surface area contributed by atoms with Gasteiger partial charge in [0.05, 0.1) is 44.3 Å². The largest absolute Gasteiger partial charge is 0.311 e. The fourth-order valence-electron chi connectivity index (χ4n) is 23.2. The first-order valence-electron chi connectivity index (χ1n) is 45.8. The average Bonchev–Trinajstić information content (AvgIpc) is 1.50. The summed E-state index contributed by atoms with van der Waals surface area (Å²) in [6, 6.07) is 186. The first kappa shape index (κ1) is 75.0. The zero-order valence-corrected chi connectivity index (χ0v) is 72.1. The Bertz CT molecular complexity index is 8580. The summed E-state index contributed by atoms with van der Waals surface area (Å²) in [6.07, 6.45) is 0. The lowest BCUT2D eigenvalue weighted by Crippen LogP contribution is -2.33. The van der Waals surface area contributed by atoms with E-state index in [0.717, 1.165) is 61.9 Å². The number of para-hydroxylation sites is 5. The number of aromatic nitrogens is 2. The molecule has 2 aliphatic carbocycles. The Morgan fingerprint density at radius 2 is 0.455 bits per heavy atom. The smallest absolute Gasteiger partial charge is 0.0754 e. The molecule has 2 aliphatic heterocycles. The summed E-state index contributed by atoms with van der Waals surface area (Å²) in [5.74, 6) is 0. The minimum Gasteiger partial charge on any atom is -0.311 e. The summed E-state index contributed by atoms with van der Waals surface area (Å²) in [5, 5.41) is 5.03. The van der Waals surface area contributed by atoms with Gasteiger partial charge in [-0.05, 0) is 265 Å². The van der Waals surface area contributed by atoms with Crippen LogP contribution >= 0.6 is 0 Å². The Labute approximate surface area is 766 Å². The highest BCUT2D eigenvalue weighted by atomic mass is 15.1. The van der Waals surface area contributed by atoms with Gasteiger partial charge in [-0.3, -0.25) is 0 Å². The maximum atomic E-state index is 2.56. The third-order valence-electron chi connectivity index (χ3n) is 28.9. The molecule has 0 radical (unpaired) electrons. The maximum Gasteiger partial charge on any atom is 0.0754 e. The lowest BCUT2D eigenvalue weighted by molar-refractivity contribution is 0.748. The molecule has 2 unspecified atom stereocenters. The Hall–Kier alpha value is -17.2. The van der Waals surface area contributed by atoms with E-state index in [1.165, 1.54) is 183 Å². The quantitative estimate of drug-likeness (QED) is 0.108. The lowest BCUT2D eigenvalue weighted by atomic mass is 9.65. The summed E-state index contributed by atoms with van der Waals surface area (Å²) >= 11 is 0. The van der Waals surface area contributed by atoms with Crippen molar-refractivity contribution in [1.82, 2.24) is 9.13 Å². The van der Waals surface area contributed by atoms with Crippen molar-refractivity contribution >= 4 is 77.7 Å². The molecule has 23 aromatic rings. The van der Waals surface area contributed by atoms with Crippen LogP contribution in [0.25, 0.3) is 166 Å². The van der Waals surface area contributed by atoms with E-state index in [9.17, 15) is 0 Å². The minimum absolute atomic E-state index is 0.565. The first-order chi connectivity index (χ1) is 65.5. The molecular formula is C128H82N4. The molecule has 4 nitrogen and oxygen atoms in total. The van der Waals surface area contributed by atoms with Crippen molar-refractivity contribution in [3.05, 3.63) is 542 Å². The molecule has 2 aromatic heterocycles. The molecule has 4 heteroatoms. The second-order valence-electron chi connectivity index (χ2n) is 35.6. The molecule has 0 amide bonds. The highest BCUT2D eigenvalue weighted by molar-refractivity contribution is 6.16. The van der Waals surface area contributed by atoms with Crippen LogP contribution in [-0.4, -0.2) is 9.13 Å². The molecule has 21 aromatic carbocycles. The van der Waals surface area contributed by atoms with E-state index in [1.54, 1.807) is 0 Å². The van der Waals surface area contributed by atoms with Crippen LogP contribution in [0.15, 0.2) is 497 Å². The van der Waals surface area contributed by atoms with E-state index < -0.39 is 10.8 Å². The predicted molar refractivity (Wildman–Crippen MR) is 550 cm³/mol. The zero-order chi connectivity index (χ0) is 86.7. The molecule has 2 spiro atoms. The Kier molecular flexibility index (Phi) is 16.9. The zero-order valence-electron chi connectivity index (χ0n) is 72.1. The number of rotatable bonds is 14. The van der Waals surface area contributed by atoms with Gasteiger partial charge in [0.1, 0.15) is 0 Å². The van der Waals surface area contributed by atoms with Gasteiger partial charge in [-0.15, -0.1) is 0 Å². The van der Waals surface area contributed by atoms with E-state index in [2.05, 4.69) is 516 Å². The van der Waals surface area contributed by atoms with Crippen molar-refractivity contribution in [3.8, 4) is 123 Å². The normalized spacial score (nSPS) is 14.4. The van der Waals surface area contributed by atoms with Gasteiger partial charge in [0.15, 0.2) is 0 Å². The minimum atomic E-state index is -0.589. The highest BCUT2D eigenvalue weighted by Gasteiger charge is 2.53. The fourth-order valence-corrected chi connectivity index (χ4v) is 23.2. The van der Waals surface area contributed by atoms with Gasteiger partial charge in [-0.1, -0.05) is 388 Å². The van der Waals surface area contributed by atoms with Crippen LogP contribution in [0.2, 0.25) is 0 Å². The summed E-state index contributed by atoms with van der Waals surface area (Å²) < 4.78 is 5.09. The van der Waals surface area contributed by atoms with Crippen molar-refractivity contribution in [3.63, 3.8) is 0 Å². The number of hydrogen-bond donors (Lipinski definition) is 0. The predicted octanol–water partition coefficient (Wildman–Crippen LogP) is 33.5. The van der Waals surface area contributed by atoms with Crippen LogP contribution in [-0.2, 0) is 10.8 Å². The molecule has 0 saturated heterocycles. The average molecular weight is 1680 g/mol. The molecule has 27 rings (SSSR count). The molecule has 0 N–H and O–H groups in total. The Morgan fingerprint density at radius 3 is 0.985 bits per heavy atom. The van der Waals surface area contributed by atoms with Gasteiger partial charge in [-0.25, -0.2) is 0 Å². The van der Waals surface area contributed by atoms with E-state index in [0.29, 0.717) is 0 Å². The van der Waals surface area contributed by atoms with Gasteiger partial charge >= 0.3 is 0 Å². The van der Waals surface area contributed by atoms with Crippen molar-refractivity contribution < 1.29 is 0 Å². The van der Waals surface area contributed by atoms with Crippen molar-refractivity contribution in [1.29, 1.82) is 0 Å². The Morgan fingerprint density at radius 1 is 0.152 bits per heavy atom. The number of hydrogen-bond acceptors (Lipinski definition) is 2. The van der Waals surface area contributed by atoms with Gasteiger partial charge in [0.25, 0.3) is 0 Å². The van der Waals surface area contributed by atoms with E-state index in [4.69, 9.17) is 0 Å².